The minimum Gasteiger partial charge on any atom is -0.496 e. The molecule has 0 unspecified atom stereocenters. The van der Waals surface area contributed by atoms with Gasteiger partial charge in [-0.1, -0.05) is 18.2 Å². The van der Waals surface area contributed by atoms with E-state index in [1.165, 1.54) is 14.2 Å². The predicted molar refractivity (Wildman–Crippen MR) is 94.4 cm³/mol. The highest BCUT2D eigenvalue weighted by atomic mass is 16.5. The van der Waals surface area contributed by atoms with Crippen molar-refractivity contribution in [2.75, 3.05) is 26.1 Å². The summed E-state index contributed by atoms with van der Waals surface area (Å²) in [6.07, 6.45) is 1.08. The zero-order chi connectivity index (χ0) is 17.8. The van der Waals surface area contributed by atoms with Gasteiger partial charge < -0.3 is 20.1 Å². The molecule has 1 heterocycles. The number of hydrogen-bond donors (Lipinski definition) is 2. The number of anilines is 1. The molecule has 1 aliphatic rings. The molecule has 0 bridgehead atoms. The Balaban J connectivity index is 1.64. The number of carbonyl (C=O) groups excluding carboxylic acids is 2. The summed E-state index contributed by atoms with van der Waals surface area (Å²) in [5.74, 6) is 0.717. The van der Waals surface area contributed by atoms with Crippen molar-refractivity contribution in [3.63, 3.8) is 0 Å². The smallest absolute Gasteiger partial charge is 0.258 e. The Morgan fingerprint density at radius 1 is 1.16 bits per heavy atom. The van der Waals surface area contributed by atoms with E-state index in [1.54, 1.807) is 18.2 Å². The third-order valence-electron chi connectivity index (χ3n) is 4.15. The minimum atomic E-state index is -0.243. The molecule has 0 aromatic heterocycles. The standard InChI is InChI=1S/C19H20N2O4/c1-24-15-4-3-5-16(25-2)18(15)19(23)20-9-8-12-6-7-14-13(10-12)11-17(22)21-14/h3-7,10H,8-9,11H2,1-2H3,(H,20,23)(H,21,22). The number of nitrogens with one attached hydrogen (secondary N) is 2. The molecular weight excluding hydrogens is 320 g/mol. The SMILES string of the molecule is COc1cccc(OC)c1C(=O)NCCc1ccc2c(c1)CC(=O)N2. The molecule has 2 N–H and O–H groups in total. The van der Waals surface area contributed by atoms with Crippen LogP contribution in [0.1, 0.15) is 21.5 Å². The van der Waals surface area contributed by atoms with Crippen LogP contribution in [0.15, 0.2) is 36.4 Å². The van der Waals surface area contributed by atoms with Gasteiger partial charge in [0.15, 0.2) is 0 Å². The van der Waals surface area contributed by atoms with Gasteiger partial charge in [-0.3, -0.25) is 9.59 Å². The molecule has 0 spiro atoms. The van der Waals surface area contributed by atoms with E-state index in [1.807, 2.05) is 18.2 Å². The van der Waals surface area contributed by atoms with E-state index < -0.39 is 0 Å². The normalized spacial score (nSPS) is 12.3. The number of benzene rings is 2. The fraction of sp³-hybridized carbons (Fsp3) is 0.263. The molecule has 2 aromatic rings. The van der Waals surface area contributed by atoms with Gasteiger partial charge in [-0.2, -0.15) is 0 Å². The second-order valence-corrected chi connectivity index (χ2v) is 5.76. The van der Waals surface area contributed by atoms with Crippen molar-refractivity contribution in [2.45, 2.75) is 12.8 Å². The lowest BCUT2D eigenvalue weighted by atomic mass is 10.1. The average molecular weight is 340 g/mol. The molecule has 6 nitrogen and oxygen atoms in total. The molecular formula is C19H20N2O4. The molecule has 0 radical (unpaired) electrons. The van der Waals surface area contributed by atoms with Crippen molar-refractivity contribution in [2.24, 2.45) is 0 Å². The van der Waals surface area contributed by atoms with E-state index in [2.05, 4.69) is 10.6 Å². The van der Waals surface area contributed by atoms with Gasteiger partial charge in [0.1, 0.15) is 17.1 Å². The fourth-order valence-corrected chi connectivity index (χ4v) is 2.92. The van der Waals surface area contributed by atoms with Gasteiger partial charge in [-0.15, -0.1) is 0 Å². The number of hydrogen-bond acceptors (Lipinski definition) is 4. The molecule has 130 valence electrons. The Bertz CT molecular complexity index is 795. The lowest BCUT2D eigenvalue weighted by molar-refractivity contribution is -0.115. The van der Waals surface area contributed by atoms with Gasteiger partial charge in [0.2, 0.25) is 5.91 Å². The summed E-state index contributed by atoms with van der Waals surface area (Å²) in [7, 11) is 3.04. The first-order valence-electron chi connectivity index (χ1n) is 8.03. The second-order valence-electron chi connectivity index (χ2n) is 5.76. The zero-order valence-electron chi connectivity index (χ0n) is 14.2. The maximum Gasteiger partial charge on any atom is 0.258 e. The van der Waals surface area contributed by atoms with Crippen LogP contribution in [-0.2, 0) is 17.6 Å². The molecule has 6 heteroatoms. The highest BCUT2D eigenvalue weighted by Crippen LogP contribution is 2.28. The van der Waals surface area contributed by atoms with Crippen LogP contribution in [0, 0.1) is 0 Å². The van der Waals surface area contributed by atoms with Crippen LogP contribution < -0.4 is 20.1 Å². The van der Waals surface area contributed by atoms with E-state index in [0.717, 1.165) is 16.8 Å². The summed E-state index contributed by atoms with van der Waals surface area (Å²) in [5, 5.41) is 5.70. The first kappa shape index (κ1) is 16.8. The molecule has 25 heavy (non-hydrogen) atoms. The summed E-state index contributed by atoms with van der Waals surface area (Å²) in [4.78, 5) is 23.9. The Kier molecular flexibility index (Phi) is 4.88. The van der Waals surface area contributed by atoms with Crippen LogP contribution in [-0.4, -0.2) is 32.6 Å². The number of rotatable bonds is 6. The maximum absolute atomic E-state index is 12.5. The van der Waals surface area contributed by atoms with Crippen LogP contribution in [0.2, 0.25) is 0 Å². The van der Waals surface area contributed by atoms with E-state index >= 15 is 0 Å². The van der Waals surface area contributed by atoms with E-state index in [-0.39, 0.29) is 11.8 Å². The third-order valence-corrected chi connectivity index (χ3v) is 4.15. The highest BCUT2D eigenvalue weighted by molar-refractivity contribution is 6.00. The largest absolute Gasteiger partial charge is 0.496 e. The van der Waals surface area contributed by atoms with Gasteiger partial charge in [-0.25, -0.2) is 0 Å². The van der Waals surface area contributed by atoms with Crippen molar-refractivity contribution in [1.82, 2.24) is 5.32 Å². The summed E-state index contributed by atoms with van der Waals surface area (Å²) in [5.41, 5.74) is 3.33. The predicted octanol–water partition coefficient (Wildman–Crippen LogP) is 2.17. The van der Waals surface area contributed by atoms with Crippen LogP contribution in [0.4, 0.5) is 5.69 Å². The summed E-state index contributed by atoms with van der Waals surface area (Å²) in [6, 6.07) is 11.1. The Hall–Kier alpha value is -3.02. The molecule has 1 aliphatic heterocycles. The van der Waals surface area contributed by atoms with E-state index in [4.69, 9.17) is 9.47 Å². The van der Waals surface area contributed by atoms with Gasteiger partial charge in [-0.05, 0) is 35.7 Å². The first-order valence-corrected chi connectivity index (χ1v) is 8.03. The Morgan fingerprint density at radius 2 is 1.88 bits per heavy atom. The quantitative estimate of drug-likeness (QED) is 0.845. The molecule has 2 aromatic carbocycles. The zero-order valence-corrected chi connectivity index (χ0v) is 14.2. The Morgan fingerprint density at radius 3 is 2.56 bits per heavy atom. The Labute approximate surface area is 146 Å². The highest BCUT2D eigenvalue weighted by Gasteiger charge is 2.19. The van der Waals surface area contributed by atoms with Gasteiger partial charge in [0.25, 0.3) is 5.91 Å². The second kappa shape index (κ2) is 7.25. The number of amides is 2. The van der Waals surface area contributed by atoms with Crippen molar-refractivity contribution < 1.29 is 19.1 Å². The van der Waals surface area contributed by atoms with Crippen molar-refractivity contribution in [3.05, 3.63) is 53.1 Å². The lowest BCUT2D eigenvalue weighted by Gasteiger charge is -2.13. The molecule has 3 rings (SSSR count). The number of methoxy groups -OCH3 is 2. The minimum absolute atomic E-state index is 0.0173. The topological polar surface area (TPSA) is 76.7 Å². The number of carbonyl (C=O) groups is 2. The van der Waals surface area contributed by atoms with Crippen molar-refractivity contribution in [3.8, 4) is 11.5 Å². The van der Waals surface area contributed by atoms with Gasteiger partial charge in [0, 0.05) is 12.2 Å². The van der Waals surface area contributed by atoms with Crippen molar-refractivity contribution >= 4 is 17.5 Å². The number of fused-ring (bicyclic) bond motifs is 1. The number of ether oxygens (including phenoxy) is 2. The molecule has 0 fully saturated rings. The van der Waals surface area contributed by atoms with Gasteiger partial charge in [0.05, 0.1) is 20.6 Å². The fourth-order valence-electron chi connectivity index (χ4n) is 2.92. The monoisotopic (exact) mass is 340 g/mol. The third kappa shape index (κ3) is 3.57. The molecule has 0 saturated carbocycles. The lowest BCUT2D eigenvalue weighted by Crippen LogP contribution is -2.26. The van der Waals surface area contributed by atoms with Crippen LogP contribution >= 0.6 is 0 Å². The maximum atomic E-state index is 12.5. The van der Waals surface area contributed by atoms with Crippen LogP contribution in [0.3, 0.4) is 0 Å². The van der Waals surface area contributed by atoms with Crippen LogP contribution in [0.25, 0.3) is 0 Å². The summed E-state index contributed by atoms with van der Waals surface area (Å²) < 4.78 is 10.5. The molecule has 2 amide bonds. The molecule has 0 saturated heterocycles. The first-order chi connectivity index (χ1) is 12.1. The summed E-state index contributed by atoms with van der Waals surface area (Å²) >= 11 is 0. The molecule has 0 atom stereocenters. The van der Waals surface area contributed by atoms with Crippen LogP contribution in [0.5, 0.6) is 11.5 Å². The van der Waals surface area contributed by atoms with E-state index in [9.17, 15) is 9.59 Å². The van der Waals surface area contributed by atoms with E-state index in [0.29, 0.717) is 36.4 Å². The average Bonchev–Trinajstić information content (AvgIpc) is 3.00. The molecule has 0 aliphatic carbocycles. The van der Waals surface area contributed by atoms with Gasteiger partial charge >= 0.3 is 0 Å². The van der Waals surface area contributed by atoms with Crippen molar-refractivity contribution in [1.29, 1.82) is 0 Å². The summed E-state index contributed by atoms with van der Waals surface area (Å²) in [6.45, 7) is 0.472.